The summed E-state index contributed by atoms with van der Waals surface area (Å²) in [7, 11) is 0. The van der Waals surface area contributed by atoms with Crippen molar-refractivity contribution in [1.29, 1.82) is 0 Å². The number of rotatable bonds is 7. The lowest BCUT2D eigenvalue weighted by atomic mass is 9.97. The van der Waals surface area contributed by atoms with Crippen LogP contribution in [0.1, 0.15) is 44.3 Å². The van der Waals surface area contributed by atoms with Crippen molar-refractivity contribution in [2.24, 2.45) is 0 Å². The minimum Gasteiger partial charge on any atom is -0.462 e. The number of ether oxygens (including phenoxy) is 1. The van der Waals surface area contributed by atoms with Crippen LogP contribution in [0.5, 0.6) is 0 Å². The first kappa shape index (κ1) is 24.5. The molecule has 3 aromatic rings. The Bertz CT molecular complexity index is 1300. The zero-order chi connectivity index (χ0) is 25.2. The molecule has 0 aliphatic rings. The van der Waals surface area contributed by atoms with Gasteiger partial charge >= 0.3 is 5.97 Å². The van der Waals surface area contributed by atoms with Crippen LogP contribution in [0.2, 0.25) is 0 Å². The maximum Gasteiger partial charge on any atom is 0.341 e. The van der Waals surface area contributed by atoms with Crippen LogP contribution >= 0.6 is 11.3 Å². The predicted molar refractivity (Wildman–Crippen MR) is 128 cm³/mol. The van der Waals surface area contributed by atoms with Crippen LogP contribution in [-0.2, 0) is 4.74 Å². The number of amides is 1. The molecule has 0 saturated carbocycles. The van der Waals surface area contributed by atoms with E-state index in [4.69, 9.17) is 4.74 Å². The van der Waals surface area contributed by atoms with Gasteiger partial charge in [0.1, 0.15) is 16.1 Å². The van der Waals surface area contributed by atoms with Crippen molar-refractivity contribution in [1.82, 2.24) is 0 Å². The predicted octanol–water partition coefficient (Wildman–Crippen LogP) is 5.59. The van der Waals surface area contributed by atoms with E-state index in [2.05, 4.69) is 5.32 Å². The Balaban J connectivity index is 2.09. The number of hydrogen-bond donors (Lipinski definition) is 1. The topological polar surface area (TPSA) is 142 Å². The van der Waals surface area contributed by atoms with E-state index >= 15 is 0 Å². The van der Waals surface area contributed by atoms with Gasteiger partial charge in [0.2, 0.25) is 0 Å². The monoisotopic (exact) mass is 483 g/mol. The first-order valence-electron chi connectivity index (χ1n) is 10.2. The van der Waals surface area contributed by atoms with Crippen LogP contribution in [0.25, 0.3) is 11.1 Å². The molecule has 176 valence electrons. The molecule has 34 heavy (non-hydrogen) atoms. The van der Waals surface area contributed by atoms with Crippen molar-refractivity contribution in [2.45, 2.75) is 27.7 Å². The highest BCUT2D eigenvalue weighted by atomic mass is 32.1. The van der Waals surface area contributed by atoms with E-state index in [1.165, 1.54) is 6.92 Å². The van der Waals surface area contributed by atoms with Crippen molar-refractivity contribution < 1.29 is 24.2 Å². The van der Waals surface area contributed by atoms with E-state index < -0.39 is 33.1 Å². The van der Waals surface area contributed by atoms with Crippen LogP contribution < -0.4 is 5.32 Å². The van der Waals surface area contributed by atoms with Gasteiger partial charge in [-0.15, -0.1) is 11.3 Å². The van der Waals surface area contributed by atoms with Gasteiger partial charge in [-0.05, 0) is 38.8 Å². The number of nitrogens with zero attached hydrogens (tertiary/aromatic N) is 2. The van der Waals surface area contributed by atoms with Gasteiger partial charge in [-0.25, -0.2) is 4.79 Å². The molecule has 0 aliphatic carbocycles. The summed E-state index contributed by atoms with van der Waals surface area (Å²) in [5.41, 5.74) is 1.93. The molecule has 11 heteroatoms. The van der Waals surface area contributed by atoms with Gasteiger partial charge in [-0.3, -0.25) is 25.0 Å². The molecule has 2 aromatic carbocycles. The van der Waals surface area contributed by atoms with Crippen molar-refractivity contribution in [3.05, 3.63) is 83.8 Å². The number of nitrogens with one attached hydrogen (secondary N) is 1. The normalized spacial score (nSPS) is 10.6. The summed E-state index contributed by atoms with van der Waals surface area (Å²) < 4.78 is 5.19. The highest BCUT2D eigenvalue weighted by molar-refractivity contribution is 7.15. The second-order valence-electron chi connectivity index (χ2n) is 7.50. The van der Waals surface area contributed by atoms with E-state index in [1.54, 1.807) is 12.3 Å². The molecule has 0 bridgehead atoms. The molecule has 0 unspecified atom stereocenters. The Labute approximate surface area is 198 Å². The fraction of sp³-hybridized carbons (Fsp3) is 0.217. The number of carbonyl (C=O) groups is 2. The molecule has 1 aromatic heterocycles. The van der Waals surface area contributed by atoms with E-state index in [0.717, 1.165) is 40.2 Å². The molecule has 0 fully saturated rings. The summed E-state index contributed by atoms with van der Waals surface area (Å²) in [6.07, 6.45) is 0. The average molecular weight is 484 g/mol. The summed E-state index contributed by atoms with van der Waals surface area (Å²) in [6, 6.07) is 7.68. The minimum absolute atomic E-state index is 0.116. The van der Waals surface area contributed by atoms with Gasteiger partial charge in [-0.2, -0.15) is 0 Å². The summed E-state index contributed by atoms with van der Waals surface area (Å²) in [4.78, 5) is 46.9. The Morgan fingerprint density at radius 2 is 1.62 bits per heavy atom. The Kier molecular flexibility index (Phi) is 7.06. The van der Waals surface area contributed by atoms with Crippen molar-refractivity contribution in [2.75, 3.05) is 11.9 Å². The Hall–Kier alpha value is -4.12. The van der Waals surface area contributed by atoms with Crippen LogP contribution in [0.15, 0.2) is 35.7 Å². The quantitative estimate of drug-likeness (QED) is 0.262. The smallest absolute Gasteiger partial charge is 0.341 e. The van der Waals surface area contributed by atoms with Gasteiger partial charge in [0.15, 0.2) is 0 Å². The van der Waals surface area contributed by atoms with Crippen LogP contribution in [0, 0.1) is 41.0 Å². The average Bonchev–Trinajstić information content (AvgIpc) is 3.16. The van der Waals surface area contributed by atoms with Crippen molar-refractivity contribution in [3.8, 4) is 11.1 Å². The number of hydrogen-bond acceptors (Lipinski definition) is 8. The minimum atomic E-state index is -0.828. The van der Waals surface area contributed by atoms with Crippen molar-refractivity contribution in [3.63, 3.8) is 0 Å². The molecule has 1 N–H and O–H groups in total. The summed E-state index contributed by atoms with van der Waals surface area (Å²) in [5.74, 6) is -1.47. The van der Waals surface area contributed by atoms with E-state index in [0.29, 0.717) is 5.56 Å². The first-order chi connectivity index (χ1) is 16.0. The van der Waals surface area contributed by atoms with E-state index in [9.17, 15) is 29.8 Å². The third-order valence-corrected chi connectivity index (χ3v) is 6.07. The lowest BCUT2D eigenvalue weighted by molar-refractivity contribution is -0.395. The number of anilines is 1. The second-order valence-corrected chi connectivity index (χ2v) is 8.38. The SMILES string of the molecule is CCOC(=O)c1c(-c2ccc(C)cc2C)csc1NC(=O)c1cc([N+](=O)[O-])c(C)c([N+](=O)[O-])c1. The molecular formula is C23H21N3O7S. The molecule has 0 aliphatic heterocycles. The van der Waals surface area contributed by atoms with Gasteiger partial charge in [0.05, 0.1) is 22.0 Å². The molecule has 10 nitrogen and oxygen atoms in total. The maximum absolute atomic E-state index is 13.0. The highest BCUT2D eigenvalue weighted by Crippen LogP contribution is 2.38. The molecule has 1 heterocycles. The molecule has 0 atom stereocenters. The molecule has 0 saturated heterocycles. The fourth-order valence-corrected chi connectivity index (χ4v) is 4.48. The van der Waals surface area contributed by atoms with Crippen LogP contribution in [0.3, 0.4) is 0 Å². The standard InChI is InChI=1S/C23H21N3O7S/c1-5-33-23(28)20-17(16-7-6-12(2)8-13(16)3)11-34-22(20)24-21(27)15-9-18(25(29)30)14(4)19(10-15)26(31)32/h6-11H,5H2,1-4H3,(H,24,27). The number of carbonyl (C=O) groups excluding carboxylic acids is 2. The van der Waals surface area contributed by atoms with Gasteiger partial charge < -0.3 is 10.1 Å². The number of esters is 1. The molecule has 0 spiro atoms. The van der Waals surface area contributed by atoms with Gasteiger partial charge in [0.25, 0.3) is 17.3 Å². The lowest BCUT2D eigenvalue weighted by Gasteiger charge is -2.11. The molecular weight excluding hydrogens is 462 g/mol. The van der Waals surface area contributed by atoms with E-state index in [1.807, 2.05) is 32.0 Å². The summed E-state index contributed by atoms with van der Waals surface area (Å²) in [5, 5.41) is 27.2. The number of thiophene rings is 1. The third kappa shape index (κ3) is 4.79. The van der Waals surface area contributed by atoms with Gasteiger partial charge in [0, 0.05) is 23.1 Å². The number of aryl methyl sites for hydroxylation is 2. The van der Waals surface area contributed by atoms with Gasteiger partial charge in [-0.1, -0.05) is 23.8 Å². The Morgan fingerprint density at radius 1 is 1.00 bits per heavy atom. The summed E-state index contributed by atoms with van der Waals surface area (Å²) in [6.45, 7) is 6.86. The lowest BCUT2D eigenvalue weighted by Crippen LogP contribution is -2.15. The van der Waals surface area contributed by atoms with Crippen LogP contribution in [0.4, 0.5) is 16.4 Å². The fourth-order valence-electron chi connectivity index (χ4n) is 3.54. The number of benzene rings is 2. The van der Waals surface area contributed by atoms with E-state index in [-0.39, 0.29) is 28.3 Å². The summed E-state index contributed by atoms with van der Waals surface area (Å²) >= 11 is 1.08. The van der Waals surface area contributed by atoms with Crippen molar-refractivity contribution >= 4 is 39.6 Å². The maximum atomic E-state index is 13.0. The zero-order valence-corrected chi connectivity index (χ0v) is 19.6. The zero-order valence-electron chi connectivity index (χ0n) is 18.8. The van der Waals surface area contributed by atoms with Crippen LogP contribution in [-0.4, -0.2) is 28.3 Å². The second kappa shape index (κ2) is 9.79. The third-order valence-electron chi connectivity index (χ3n) is 5.18. The first-order valence-corrected chi connectivity index (χ1v) is 11.0. The molecule has 1 amide bonds. The molecule has 0 radical (unpaired) electrons. The highest BCUT2D eigenvalue weighted by Gasteiger charge is 2.28. The largest absolute Gasteiger partial charge is 0.462 e. The number of nitro groups is 2. The Morgan fingerprint density at radius 3 is 2.15 bits per heavy atom. The molecule has 3 rings (SSSR count). The number of nitro benzene ring substituents is 2.